The maximum atomic E-state index is 11.2. The highest BCUT2D eigenvalue weighted by Gasteiger charge is 2.50. The molecule has 3 heteroatoms. The molecule has 0 radical (unpaired) electrons. The van der Waals surface area contributed by atoms with Gasteiger partial charge in [0.2, 0.25) is 0 Å². The van der Waals surface area contributed by atoms with E-state index >= 15 is 0 Å². The van der Waals surface area contributed by atoms with E-state index in [0.717, 1.165) is 35.3 Å². The summed E-state index contributed by atoms with van der Waals surface area (Å²) in [7, 11) is 1.64. The van der Waals surface area contributed by atoms with Crippen LogP contribution in [-0.2, 0) is 11.2 Å². The lowest BCUT2D eigenvalue weighted by Gasteiger charge is -2.16. The first kappa shape index (κ1) is 12.0. The van der Waals surface area contributed by atoms with E-state index in [9.17, 15) is 9.90 Å². The van der Waals surface area contributed by atoms with Gasteiger partial charge in [0.15, 0.2) is 0 Å². The molecule has 0 atom stereocenters. The molecule has 92 valence electrons. The Morgan fingerprint density at radius 1 is 1.41 bits per heavy atom. The van der Waals surface area contributed by atoms with Crippen molar-refractivity contribution < 1.29 is 14.6 Å². The van der Waals surface area contributed by atoms with Gasteiger partial charge >= 0.3 is 5.97 Å². The molecule has 17 heavy (non-hydrogen) atoms. The largest absolute Gasteiger partial charge is 0.496 e. The van der Waals surface area contributed by atoms with Gasteiger partial charge in [0.25, 0.3) is 0 Å². The Labute approximate surface area is 101 Å². The zero-order chi connectivity index (χ0) is 12.6. The first-order valence-corrected chi connectivity index (χ1v) is 5.86. The quantitative estimate of drug-likeness (QED) is 0.871. The van der Waals surface area contributed by atoms with Crippen molar-refractivity contribution in [3.8, 4) is 5.75 Å². The van der Waals surface area contributed by atoms with Crippen LogP contribution in [0.1, 0.15) is 29.5 Å². The first-order valence-electron chi connectivity index (χ1n) is 5.86. The molecule has 0 heterocycles. The van der Waals surface area contributed by atoms with E-state index in [1.807, 2.05) is 19.9 Å². The van der Waals surface area contributed by atoms with Crippen LogP contribution < -0.4 is 4.74 Å². The Kier molecular flexibility index (Phi) is 2.86. The van der Waals surface area contributed by atoms with Gasteiger partial charge in [-0.1, -0.05) is 17.7 Å². The standard InChI is InChI=1S/C14H18O3/c1-9-6-10(2)12(17-3)11(7-9)8-14(4-5-14)13(15)16/h6-7H,4-5,8H2,1-3H3,(H,15,16). The highest BCUT2D eigenvalue weighted by molar-refractivity contribution is 5.78. The van der Waals surface area contributed by atoms with Crippen molar-refractivity contribution in [1.82, 2.24) is 0 Å². The van der Waals surface area contributed by atoms with E-state index in [4.69, 9.17) is 4.74 Å². The molecule has 1 aliphatic rings. The predicted octanol–water partition coefficient (Wildman–Crippen LogP) is 2.72. The number of aryl methyl sites for hydroxylation is 2. The fraction of sp³-hybridized carbons (Fsp3) is 0.500. The molecule has 0 saturated heterocycles. The minimum atomic E-state index is -0.682. The van der Waals surface area contributed by atoms with Gasteiger partial charge in [0.05, 0.1) is 12.5 Å². The molecule has 0 unspecified atom stereocenters. The number of carboxylic acid groups (broad SMARTS) is 1. The van der Waals surface area contributed by atoms with E-state index in [-0.39, 0.29) is 0 Å². The van der Waals surface area contributed by atoms with Crippen LogP contribution in [0.4, 0.5) is 0 Å². The van der Waals surface area contributed by atoms with Gasteiger partial charge in [-0.25, -0.2) is 0 Å². The Bertz CT molecular complexity index is 459. The maximum Gasteiger partial charge on any atom is 0.309 e. The topological polar surface area (TPSA) is 46.5 Å². The number of methoxy groups -OCH3 is 1. The van der Waals surface area contributed by atoms with Crippen molar-refractivity contribution >= 4 is 5.97 Å². The highest BCUT2D eigenvalue weighted by atomic mass is 16.5. The molecular weight excluding hydrogens is 216 g/mol. The molecule has 1 aliphatic carbocycles. The second-order valence-corrected chi connectivity index (χ2v) is 5.04. The van der Waals surface area contributed by atoms with Gasteiger partial charge < -0.3 is 9.84 Å². The van der Waals surface area contributed by atoms with Crippen LogP contribution >= 0.6 is 0 Å². The minimum absolute atomic E-state index is 0.534. The smallest absolute Gasteiger partial charge is 0.309 e. The highest BCUT2D eigenvalue weighted by Crippen LogP contribution is 2.50. The molecule has 3 nitrogen and oxygen atoms in total. The summed E-state index contributed by atoms with van der Waals surface area (Å²) in [6.07, 6.45) is 2.13. The Morgan fingerprint density at radius 2 is 2.06 bits per heavy atom. The monoisotopic (exact) mass is 234 g/mol. The normalized spacial score (nSPS) is 16.6. The molecule has 1 aromatic rings. The SMILES string of the molecule is COc1c(C)cc(C)cc1CC1(C(=O)O)CC1. The molecular formula is C14H18O3. The fourth-order valence-corrected chi connectivity index (χ4v) is 2.45. The molecule has 0 amide bonds. The Morgan fingerprint density at radius 3 is 2.53 bits per heavy atom. The molecule has 1 aromatic carbocycles. The minimum Gasteiger partial charge on any atom is -0.496 e. The Balaban J connectivity index is 2.35. The number of hydrogen-bond donors (Lipinski definition) is 1. The van der Waals surface area contributed by atoms with Crippen molar-refractivity contribution in [3.63, 3.8) is 0 Å². The van der Waals surface area contributed by atoms with Crippen LogP contribution in [0.5, 0.6) is 5.75 Å². The van der Waals surface area contributed by atoms with E-state index in [2.05, 4.69) is 6.07 Å². The summed E-state index contributed by atoms with van der Waals surface area (Å²) in [5.41, 5.74) is 2.71. The van der Waals surface area contributed by atoms with E-state index in [0.29, 0.717) is 6.42 Å². The summed E-state index contributed by atoms with van der Waals surface area (Å²) in [4.78, 5) is 11.2. The summed E-state index contributed by atoms with van der Waals surface area (Å²) in [6, 6.07) is 4.09. The molecule has 0 aliphatic heterocycles. The number of benzene rings is 1. The van der Waals surface area contributed by atoms with E-state index < -0.39 is 11.4 Å². The number of carboxylic acids is 1. The zero-order valence-corrected chi connectivity index (χ0v) is 10.5. The third-order valence-corrected chi connectivity index (χ3v) is 3.54. The lowest BCUT2D eigenvalue weighted by molar-refractivity contribution is -0.143. The van der Waals surface area contributed by atoms with Crippen molar-refractivity contribution in [2.45, 2.75) is 33.1 Å². The second kappa shape index (κ2) is 4.06. The summed E-state index contributed by atoms with van der Waals surface area (Å²) in [6.45, 7) is 4.02. The van der Waals surface area contributed by atoms with E-state index in [1.165, 1.54) is 0 Å². The predicted molar refractivity (Wildman–Crippen MR) is 65.5 cm³/mol. The first-order chi connectivity index (χ1) is 7.98. The number of ether oxygens (including phenoxy) is 1. The van der Waals surface area contributed by atoms with Crippen molar-refractivity contribution in [3.05, 3.63) is 28.8 Å². The van der Waals surface area contributed by atoms with Gasteiger partial charge in [0, 0.05) is 0 Å². The maximum absolute atomic E-state index is 11.2. The third kappa shape index (κ3) is 2.14. The molecule has 1 saturated carbocycles. The zero-order valence-electron chi connectivity index (χ0n) is 10.5. The van der Waals surface area contributed by atoms with E-state index in [1.54, 1.807) is 7.11 Å². The van der Waals surface area contributed by atoms with Crippen LogP contribution in [0.15, 0.2) is 12.1 Å². The van der Waals surface area contributed by atoms with Gasteiger partial charge in [-0.3, -0.25) is 4.79 Å². The lowest BCUT2D eigenvalue weighted by atomic mass is 9.93. The van der Waals surface area contributed by atoms with Crippen molar-refractivity contribution in [2.75, 3.05) is 7.11 Å². The lowest BCUT2D eigenvalue weighted by Crippen LogP contribution is -2.18. The molecule has 1 fully saturated rings. The fourth-order valence-electron chi connectivity index (χ4n) is 2.45. The number of hydrogen-bond acceptors (Lipinski definition) is 2. The van der Waals surface area contributed by atoms with Gasteiger partial charge in [0.1, 0.15) is 5.75 Å². The summed E-state index contributed by atoms with van der Waals surface area (Å²) in [5, 5.41) is 9.23. The average Bonchev–Trinajstić information content (AvgIpc) is 2.98. The number of carbonyl (C=O) groups is 1. The summed E-state index contributed by atoms with van der Waals surface area (Å²) >= 11 is 0. The van der Waals surface area contributed by atoms with Crippen LogP contribution in [0.3, 0.4) is 0 Å². The molecule has 0 spiro atoms. The summed E-state index contributed by atoms with van der Waals surface area (Å²) in [5.74, 6) is 0.154. The van der Waals surface area contributed by atoms with Crippen molar-refractivity contribution in [2.24, 2.45) is 5.41 Å². The number of aliphatic carboxylic acids is 1. The molecule has 0 aromatic heterocycles. The van der Waals surface area contributed by atoms with Crippen LogP contribution in [-0.4, -0.2) is 18.2 Å². The Hall–Kier alpha value is -1.51. The molecule has 2 rings (SSSR count). The van der Waals surface area contributed by atoms with Gasteiger partial charge in [-0.05, 0) is 44.2 Å². The van der Waals surface area contributed by atoms with Crippen LogP contribution in [0.2, 0.25) is 0 Å². The van der Waals surface area contributed by atoms with Gasteiger partial charge in [-0.15, -0.1) is 0 Å². The van der Waals surface area contributed by atoms with Crippen LogP contribution in [0.25, 0.3) is 0 Å². The summed E-state index contributed by atoms with van der Waals surface area (Å²) < 4.78 is 5.39. The third-order valence-electron chi connectivity index (χ3n) is 3.54. The van der Waals surface area contributed by atoms with Crippen LogP contribution in [0, 0.1) is 19.3 Å². The second-order valence-electron chi connectivity index (χ2n) is 5.04. The average molecular weight is 234 g/mol. The molecule has 1 N–H and O–H groups in total. The van der Waals surface area contributed by atoms with Gasteiger partial charge in [-0.2, -0.15) is 0 Å². The number of rotatable bonds is 4. The molecule has 0 bridgehead atoms. The van der Waals surface area contributed by atoms with Crippen molar-refractivity contribution in [1.29, 1.82) is 0 Å².